The number of hydrogen-bond acceptors (Lipinski definition) is 6. The average Bonchev–Trinajstić information content (AvgIpc) is 2.83. The summed E-state index contributed by atoms with van der Waals surface area (Å²) in [5, 5.41) is 5.26. The zero-order valence-electron chi connectivity index (χ0n) is 18.3. The number of carbonyl (C=O) groups is 2. The van der Waals surface area contributed by atoms with Gasteiger partial charge in [-0.3, -0.25) is 19.0 Å². The fourth-order valence-corrected chi connectivity index (χ4v) is 4.46. The topological polar surface area (TPSA) is 90.3 Å². The largest absolute Gasteiger partial charge is 0.469 e. The predicted molar refractivity (Wildman–Crippen MR) is 131 cm³/mol. The molecule has 33 heavy (non-hydrogen) atoms. The summed E-state index contributed by atoms with van der Waals surface area (Å²) in [5.41, 5.74) is 1.01. The van der Waals surface area contributed by atoms with Gasteiger partial charge in [-0.05, 0) is 30.5 Å². The number of aromatic nitrogens is 2. The number of fused-ring (bicyclic) bond motifs is 2. The minimum absolute atomic E-state index is 0.0283. The van der Waals surface area contributed by atoms with Crippen LogP contribution < -0.4 is 10.9 Å². The maximum absolute atomic E-state index is 13.1. The molecule has 0 saturated heterocycles. The maximum atomic E-state index is 13.1. The number of nitrogens with zero attached hydrogens (tertiary/aromatic N) is 2. The first-order valence-electron chi connectivity index (χ1n) is 10.5. The quantitative estimate of drug-likeness (QED) is 0.252. The van der Waals surface area contributed by atoms with Crippen LogP contribution in [0.4, 0.5) is 5.69 Å². The Morgan fingerprint density at radius 3 is 2.52 bits per heavy atom. The van der Waals surface area contributed by atoms with E-state index in [1.54, 1.807) is 31.2 Å². The monoisotopic (exact) mass is 461 g/mol. The minimum atomic E-state index is -0.540. The van der Waals surface area contributed by atoms with Crippen molar-refractivity contribution in [3.63, 3.8) is 0 Å². The van der Waals surface area contributed by atoms with Crippen molar-refractivity contribution in [2.75, 3.05) is 12.4 Å². The Morgan fingerprint density at radius 1 is 1.03 bits per heavy atom. The first-order valence-corrected chi connectivity index (χ1v) is 11.4. The van der Waals surface area contributed by atoms with Crippen LogP contribution in [-0.4, -0.2) is 33.8 Å². The molecule has 0 aliphatic carbocycles. The number of para-hydroxylation sites is 1. The fraction of sp³-hybridized carbons (Fsp3) is 0.200. The third-order valence-corrected chi connectivity index (χ3v) is 6.38. The molecule has 8 heteroatoms. The van der Waals surface area contributed by atoms with E-state index in [0.717, 1.165) is 16.5 Å². The van der Waals surface area contributed by atoms with E-state index < -0.39 is 11.2 Å². The van der Waals surface area contributed by atoms with Crippen LogP contribution in [0.15, 0.2) is 76.7 Å². The number of benzene rings is 3. The van der Waals surface area contributed by atoms with Gasteiger partial charge in [0.1, 0.15) is 0 Å². The molecule has 7 nitrogen and oxygen atoms in total. The van der Waals surface area contributed by atoms with Gasteiger partial charge in [0.05, 0.1) is 29.7 Å². The lowest BCUT2D eigenvalue weighted by Crippen LogP contribution is -2.28. The molecule has 1 heterocycles. The van der Waals surface area contributed by atoms with Gasteiger partial charge in [0.25, 0.3) is 5.56 Å². The maximum Gasteiger partial charge on any atom is 0.307 e. The van der Waals surface area contributed by atoms with E-state index in [1.165, 1.54) is 23.4 Å². The van der Waals surface area contributed by atoms with E-state index in [0.29, 0.717) is 16.1 Å². The molecule has 1 aromatic heterocycles. The molecular formula is C25H23N3O4S. The number of rotatable bonds is 7. The minimum Gasteiger partial charge on any atom is -0.469 e. The SMILES string of the molecule is COC(=O)CCn1c(SC(C)C(=O)Nc2cccc3ccccc23)nc2ccccc2c1=O. The summed E-state index contributed by atoms with van der Waals surface area (Å²) >= 11 is 1.18. The summed E-state index contributed by atoms with van der Waals surface area (Å²) in [6, 6.07) is 20.6. The number of thioether (sulfide) groups is 1. The van der Waals surface area contributed by atoms with Crippen LogP contribution in [0.1, 0.15) is 13.3 Å². The average molecular weight is 462 g/mol. The fourth-order valence-electron chi connectivity index (χ4n) is 3.52. The third kappa shape index (κ3) is 4.90. The molecule has 0 radical (unpaired) electrons. The van der Waals surface area contributed by atoms with Gasteiger partial charge in [0, 0.05) is 17.6 Å². The second-order valence-electron chi connectivity index (χ2n) is 7.47. The van der Waals surface area contributed by atoms with Gasteiger partial charge in [-0.1, -0.05) is 60.3 Å². The number of ether oxygens (including phenoxy) is 1. The molecule has 1 atom stereocenters. The van der Waals surface area contributed by atoms with Crippen molar-refractivity contribution in [3.8, 4) is 0 Å². The van der Waals surface area contributed by atoms with E-state index in [-0.39, 0.29) is 24.4 Å². The van der Waals surface area contributed by atoms with Gasteiger partial charge in [0.15, 0.2) is 5.16 Å². The zero-order valence-corrected chi connectivity index (χ0v) is 19.1. The van der Waals surface area contributed by atoms with Crippen LogP contribution in [0.3, 0.4) is 0 Å². The van der Waals surface area contributed by atoms with Gasteiger partial charge in [-0.25, -0.2) is 4.98 Å². The highest BCUT2D eigenvalue weighted by molar-refractivity contribution is 8.00. The second kappa shape index (κ2) is 9.87. The predicted octanol–water partition coefficient (Wildman–Crippen LogP) is 4.23. The summed E-state index contributed by atoms with van der Waals surface area (Å²) in [6.07, 6.45) is 0.0283. The van der Waals surface area contributed by atoms with Crippen LogP contribution in [0.2, 0.25) is 0 Å². The Balaban J connectivity index is 1.62. The molecule has 1 N–H and O–H groups in total. The number of amides is 1. The number of hydrogen-bond donors (Lipinski definition) is 1. The van der Waals surface area contributed by atoms with Crippen molar-refractivity contribution in [1.29, 1.82) is 0 Å². The highest BCUT2D eigenvalue weighted by Gasteiger charge is 2.20. The smallest absolute Gasteiger partial charge is 0.307 e. The summed E-state index contributed by atoms with van der Waals surface area (Å²) < 4.78 is 6.15. The highest BCUT2D eigenvalue weighted by Crippen LogP contribution is 2.27. The van der Waals surface area contributed by atoms with Crippen LogP contribution in [0.25, 0.3) is 21.7 Å². The Hall–Kier alpha value is -3.65. The lowest BCUT2D eigenvalue weighted by molar-refractivity contribution is -0.140. The Labute approximate surface area is 194 Å². The van der Waals surface area contributed by atoms with Crippen molar-refractivity contribution >= 4 is 51.0 Å². The first kappa shape index (κ1) is 22.5. The second-order valence-corrected chi connectivity index (χ2v) is 8.78. The Kier molecular flexibility index (Phi) is 6.74. The lowest BCUT2D eigenvalue weighted by Gasteiger charge is -2.17. The van der Waals surface area contributed by atoms with E-state index in [4.69, 9.17) is 4.74 Å². The molecule has 4 rings (SSSR count). The van der Waals surface area contributed by atoms with E-state index in [9.17, 15) is 14.4 Å². The molecule has 4 aromatic rings. The zero-order chi connectivity index (χ0) is 23.4. The molecule has 0 aliphatic rings. The third-order valence-electron chi connectivity index (χ3n) is 5.29. The molecule has 0 bridgehead atoms. The number of esters is 1. The number of nitrogens with one attached hydrogen (secondary N) is 1. The molecule has 0 spiro atoms. The normalized spacial score (nSPS) is 11.9. The summed E-state index contributed by atoms with van der Waals surface area (Å²) in [6.45, 7) is 1.88. The van der Waals surface area contributed by atoms with Crippen LogP contribution in [0.5, 0.6) is 0 Å². The van der Waals surface area contributed by atoms with Gasteiger partial charge >= 0.3 is 5.97 Å². The molecule has 168 valence electrons. The van der Waals surface area contributed by atoms with E-state index in [2.05, 4.69) is 10.3 Å². The van der Waals surface area contributed by atoms with E-state index >= 15 is 0 Å². The highest BCUT2D eigenvalue weighted by atomic mass is 32.2. The first-order chi connectivity index (χ1) is 16.0. The Bertz CT molecular complexity index is 1390. The lowest BCUT2D eigenvalue weighted by atomic mass is 10.1. The van der Waals surface area contributed by atoms with Crippen molar-refractivity contribution in [3.05, 3.63) is 77.1 Å². The van der Waals surface area contributed by atoms with Gasteiger partial charge in [-0.15, -0.1) is 0 Å². The van der Waals surface area contributed by atoms with Crippen molar-refractivity contribution in [2.24, 2.45) is 0 Å². The molecule has 1 unspecified atom stereocenters. The van der Waals surface area contributed by atoms with Gasteiger partial charge in [-0.2, -0.15) is 0 Å². The van der Waals surface area contributed by atoms with Crippen molar-refractivity contribution in [2.45, 2.75) is 30.3 Å². The molecule has 0 fully saturated rings. The summed E-state index contributed by atoms with van der Waals surface area (Å²) in [4.78, 5) is 42.4. The standard InChI is InChI=1S/C25H23N3O4S/c1-16(23(30)26-20-13-7-9-17-8-3-4-10-18(17)20)33-25-27-21-12-6-5-11-19(21)24(31)28(25)15-14-22(29)32-2/h3-13,16H,14-15H2,1-2H3,(H,26,30). The van der Waals surface area contributed by atoms with Crippen LogP contribution in [-0.2, 0) is 20.9 Å². The molecule has 0 aliphatic heterocycles. The number of methoxy groups -OCH3 is 1. The van der Waals surface area contributed by atoms with Gasteiger partial charge < -0.3 is 10.1 Å². The van der Waals surface area contributed by atoms with E-state index in [1.807, 2.05) is 42.5 Å². The summed E-state index contributed by atoms with van der Waals surface area (Å²) in [5.74, 6) is -0.633. The number of carbonyl (C=O) groups excluding carboxylic acids is 2. The molecular weight excluding hydrogens is 438 g/mol. The van der Waals surface area contributed by atoms with Crippen LogP contribution >= 0.6 is 11.8 Å². The summed E-state index contributed by atoms with van der Waals surface area (Å²) in [7, 11) is 1.30. The van der Waals surface area contributed by atoms with Crippen molar-refractivity contribution in [1.82, 2.24) is 9.55 Å². The van der Waals surface area contributed by atoms with Crippen LogP contribution in [0, 0.1) is 0 Å². The molecule has 0 saturated carbocycles. The van der Waals surface area contributed by atoms with Crippen molar-refractivity contribution < 1.29 is 14.3 Å². The molecule has 3 aromatic carbocycles. The molecule has 1 amide bonds. The Morgan fingerprint density at radius 2 is 1.73 bits per heavy atom. The van der Waals surface area contributed by atoms with Gasteiger partial charge in [0.2, 0.25) is 5.91 Å². The number of anilines is 1.